The van der Waals surface area contributed by atoms with E-state index in [1.165, 1.54) is 0 Å². The van der Waals surface area contributed by atoms with E-state index in [4.69, 9.17) is 0 Å². The van der Waals surface area contributed by atoms with Gasteiger partial charge in [-0.3, -0.25) is 4.79 Å². The molecule has 2 aromatic rings. The smallest absolute Gasteiger partial charge is 0.167 e. The summed E-state index contributed by atoms with van der Waals surface area (Å²) in [5, 5.41) is 4.66. The van der Waals surface area contributed by atoms with Gasteiger partial charge >= 0.3 is 0 Å². The maximum atomic E-state index is 12.3. The van der Waals surface area contributed by atoms with Crippen molar-refractivity contribution >= 4 is 5.78 Å². The fourth-order valence-electron chi connectivity index (χ4n) is 2.91. The largest absolute Gasteiger partial charge is 0.294 e. The molecule has 1 aromatic heterocycles. The first kappa shape index (κ1) is 12.2. The highest BCUT2D eigenvalue weighted by Gasteiger charge is 2.35. The molecule has 1 heterocycles. The van der Waals surface area contributed by atoms with Crippen molar-refractivity contribution in [3.05, 3.63) is 47.3 Å². The molecule has 0 spiro atoms. The third kappa shape index (κ3) is 1.99. The fraction of sp³-hybridized carbons (Fsp3) is 0.375. The zero-order valence-electron chi connectivity index (χ0n) is 11.6. The third-order valence-electron chi connectivity index (χ3n) is 3.75. The van der Waals surface area contributed by atoms with Crippen LogP contribution >= 0.6 is 0 Å². The fourth-order valence-corrected chi connectivity index (χ4v) is 2.91. The predicted molar refractivity (Wildman–Crippen MR) is 74.7 cm³/mol. The molecule has 3 nitrogen and oxygen atoms in total. The number of fused-ring (bicyclic) bond motifs is 1. The molecule has 1 aliphatic rings. The molecule has 19 heavy (non-hydrogen) atoms. The summed E-state index contributed by atoms with van der Waals surface area (Å²) >= 11 is 0. The van der Waals surface area contributed by atoms with Gasteiger partial charge in [0.25, 0.3) is 0 Å². The van der Waals surface area contributed by atoms with E-state index in [0.29, 0.717) is 6.42 Å². The van der Waals surface area contributed by atoms with E-state index in [1.54, 1.807) is 0 Å². The van der Waals surface area contributed by atoms with E-state index < -0.39 is 0 Å². The third-order valence-corrected chi connectivity index (χ3v) is 3.75. The van der Waals surface area contributed by atoms with Gasteiger partial charge in [0.2, 0.25) is 0 Å². The zero-order chi connectivity index (χ0) is 13.6. The number of nitrogens with zero attached hydrogens (tertiary/aromatic N) is 2. The lowest BCUT2D eigenvalue weighted by molar-refractivity contribution is 0.0911. The van der Waals surface area contributed by atoms with Crippen LogP contribution in [0.2, 0.25) is 0 Å². The normalized spacial score (nSPS) is 17.3. The van der Waals surface area contributed by atoms with Gasteiger partial charge in [0.05, 0.1) is 22.6 Å². The topological polar surface area (TPSA) is 34.9 Å². The van der Waals surface area contributed by atoms with E-state index in [1.807, 2.05) is 41.9 Å². The van der Waals surface area contributed by atoms with Gasteiger partial charge in [0.1, 0.15) is 0 Å². The minimum atomic E-state index is 0.0202. The Balaban J connectivity index is 2.15. The van der Waals surface area contributed by atoms with Crippen LogP contribution in [0, 0.1) is 12.3 Å². The minimum Gasteiger partial charge on any atom is -0.294 e. The van der Waals surface area contributed by atoms with Crippen molar-refractivity contribution in [1.29, 1.82) is 0 Å². The van der Waals surface area contributed by atoms with E-state index in [-0.39, 0.29) is 11.2 Å². The average molecular weight is 254 g/mol. The Labute approximate surface area is 113 Å². The van der Waals surface area contributed by atoms with Crippen molar-refractivity contribution in [2.45, 2.75) is 33.6 Å². The minimum absolute atomic E-state index is 0.0202. The van der Waals surface area contributed by atoms with Gasteiger partial charge in [-0.05, 0) is 30.9 Å². The van der Waals surface area contributed by atoms with Crippen LogP contribution in [0.15, 0.2) is 30.3 Å². The first-order valence-electron chi connectivity index (χ1n) is 6.65. The molecular weight excluding hydrogens is 236 g/mol. The monoisotopic (exact) mass is 254 g/mol. The molecule has 0 N–H and O–H groups in total. The lowest BCUT2D eigenvalue weighted by Crippen LogP contribution is -2.26. The highest BCUT2D eigenvalue weighted by atomic mass is 16.1. The molecule has 0 bridgehead atoms. The number of Topliss-reactive ketones (excluding diaryl/α,β-unsaturated/α-hetero) is 1. The molecule has 1 aliphatic carbocycles. The molecule has 3 rings (SSSR count). The number of carbonyl (C=O) groups excluding carboxylic acids is 1. The van der Waals surface area contributed by atoms with Gasteiger partial charge in [-0.15, -0.1) is 0 Å². The molecule has 0 unspecified atom stereocenters. The Kier molecular flexibility index (Phi) is 2.59. The average Bonchev–Trinajstić information content (AvgIpc) is 2.66. The highest BCUT2D eigenvalue weighted by molar-refractivity contribution is 5.99. The van der Waals surface area contributed by atoms with Gasteiger partial charge < -0.3 is 0 Å². The van der Waals surface area contributed by atoms with Crippen LogP contribution in [0.3, 0.4) is 0 Å². The number of ketones is 1. The van der Waals surface area contributed by atoms with Gasteiger partial charge in [-0.1, -0.05) is 32.0 Å². The quantitative estimate of drug-likeness (QED) is 0.782. The lowest BCUT2D eigenvalue weighted by Gasteiger charge is -2.27. The molecule has 3 heteroatoms. The van der Waals surface area contributed by atoms with Crippen LogP contribution in [0.1, 0.15) is 42.0 Å². The summed E-state index contributed by atoms with van der Waals surface area (Å²) < 4.78 is 1.89. The van der Waals surface area contributed by atoms with Crippen molar-refractivity contribution in [2.75, 3.05) is 0 Å². The number of benzene rings is 1. The molecule has 0 fully saturated rings. The molecule has 0 saturated heterocycles. The highest BCUT2D eigenvalue weighted by Crippen LogP contribution is 2.36. The standard InChI is InChI=1S/C16H18N2O/c1-11-15-13(9-16(2,3)10-14(15)19)17-18(11)12-7-5-4-6-8-12/h4-8H,9-10H2,1-3H3. The molecule has 1 aromatic carbocycles. The number of hydrogen-bond donors (Lipinski definition) is 0. The van der Waals surface area contributed by atoms with Crippen LogP contribution < -0.4 is 0 Å². The Bertz CT molecular complexity index is 638. The molecule has 0 saturated carbocycles. The van der Waals surface area contributed by atoms with Crippen LogP contribution in [0.4, 0.5) is 0 Å². The van der Waals surface area contributed by atoms with E-state index in [2.05, 4.69) is 18.9 Å². The summed E-state index contributed by atoms with van der Waals surface area (Å²) in [4.78, 5) is 12.3. The predicted octanol–water partition coefficient (Wildman–Crippen LogP) is 3.34. The number of hydrogen-bond acceptors (Lipinski definition) is 2. The van der Waals surface area contributed by atoms with E-state index >= 15 is 0 Å². The molecule has 0 radical (unpaired) electrons. The summed E-state index contributed by atoms with van der Waals surface area (Å²) in [5.74, 6) is 0.228. The second-order valence-electron chi connectivity index (χ2n) is 6.10. The molecule has 0 atom stereocenters. The Morgan fingerprint density at radius 3 is 2.53 bits per heavy atom. The second kappa shape index (κ2) is 4.05. The molecular formula is C16H18N2O. The van der Waals surface area contributed by atoms with Crippen molar-refractivity contribution < 1.29 is 4.79 Å². The number of carbonyl (C=O) groups is 1. The van der Waals surface area contributed by atoms with Crippen LogP contribution in [-0.2, 0) is 6.42 Å². The second-order valence-corrected chi connectivity index (χ2v) is 6.10. The number of rotatable bonds is 1. The van der Waals surface area contributed by atoms with Crippen molar-refractivity contribution in [1.82, 2.24) is 9.78 Å². The number of aromatic nitrogens is 2. The Hall–Kier alpha value is -1.90. The molecule has 98 valence electrons. The zero-order valence-corrected chi connectivity index (χ0v) is 11.6. The van der Waals surface area contributed by atoms with Gasteiger partial charge in [0, 0.05) is 6.42 Å². The first-order valence-corrected chi connectivity index (χ1v) is 6.65. The summed E-state index contributed by atoms with van der Waals surface area (Å²) in [7, 11) is 0. The van der Waals surface area contributed by atoms with Gasteiger partial charge in [0.15, 0.2) is 5.78 Å². The maximum absolute atomic E-state index is 12.3. The summed E-state index contributed by atoms with van der Waals surface area (Å²) in [6.07, 6.45) is 1.48. The van der Waals surface area contributed by atoms with Crippen LogP contribution in [0.5, 0.6) is 0 Å². The lowest BCUT2D eigenvalue weighted by atomic mass is 9.76. The van der Waals surface area contributed by atoms with Gasteiger partial charge in [-0.25, -0.2) is 4.68 Å². The van der Waals surface area contributed by atoms with Crippen molar-refractivity contribution in [2.24, 2.45) is 5.41 Å². The summed E-state index contributed by atoms with van der Waals surface area (Å²) in [6.45, 7) is 6.24. The number of para-hydroxylation sites is 1. The Morgan fingerprint density at radius 1 is 1.16 bits per heavy atom. The molecule has 0 aliphatic heterocycles. The first-order chi connectivity index (χ1) is 8.98. The van der Waals surface area contributed by atoms with Gasteiger partial charge in [-0.2, -0.15) is 5.10 Å². The maximum Gasteiger partial charge on any atom is 0.167 e. The summed E-state index contributed by atoms with van der Waals surface area (Å²) in [6, 6.07) is 9.99. The van der Waals surface area contributed by atoms with E-state index in [9.17, 15) is 4.79 Å². The SMILES string of the molecule is Cc1c2c(nn1-c1ccccc1)CC(C)(C)CC2=O. The summed E-state index contributed by atoms with van der Waals surface area (Å²) in [5.41, 5.74) is 3.78. The van der Waals surface area contributed by atoms with Crippen LogP contribution in [0.25, 0.3) is 5.69 Å². The van der Waals surface area contributed by atoms with Crippen molar-refractivity contribution in [3.8, 4) is 5.69 Å². The van der Waals surface area contributed by atoms with Crippen molar-refractivity contribution in [3.63, 3.8) is 0 Å². The van der Waals surface area contributed by atoms with Crippen LogP contribution in [-0.4, -0.2) is 15.6 Å². The van der Waals surface area contributed by atoms with E-state index in [0.717, 1.165) is 29.1 Å². The Morgan fingerprint density at radius 2 is 1.84 bits per heavy atom. The molecule has 0 amide bonds.